The third kappa shape index (κ3) is 2.13. The van der Waals surface area contributed by atoms with Crippen molar-refractivity contribution in [2.24, 2.45) is 18.3 Å². The molecule has 0 aliphatic rings. The highest BCUT2D eigenvalue weighted by Gasteiger charge is 2.30. The van der Waals surface area contributed by atoms with Crippen molar-refractivity contribution in [1.82, 2.24) is 20.4 Å². The van der Waals surface area contributed by atoms with Crippen LogP contribution in [0.5, 0.6) is 0 Å². The maximum absolute atomic E-state index is 5.55. The fourth-order valence-electron chi connectivity index (χ4n) is 1.38. The maximum Gasteiger partial charge on any atom is 0.153 e. The minimum atomic E-state index is 0.00669. The molecule has 1 aromatic rings. The number of nitrogens with zero attached hydrogens (tertiary/aromatic N) is 3. The fraction of sp³-hybridized carbons (Fsp3) is 0.750. The summed E-state index contributed by atoms with van der Waals surface area (Å²) in [6.07, 6.45) is 0. The van der Waals surface area contributed by atoms with Gasteiger partial charge in [-0.05, 0) is 21.3 Å². The molecule has 1 heterocycles. The second kappa shape index (κ2) is 3.96. The quantitative estimate of drug-likeness (QED) is 0.619. The predicted molar refractivity (Wildman–Crippen MR) is 58.2 cm³/mol. The van der Waals surface area contributed by atoms with Crippen LogP contribution in [-0.2, 0) is 7.05 Å². The Kier molecular flexibility index (Phi) is 3.28. The Labute approximate surface area is 92.1 Å². The van der Waals surface area contributed by atoms with Gasteiger partial charge in [-0.25, -0.2) is 4.68 Å². The van der Waals surface area contributed by atoms with Crippen LogP contribution in [0.15, 0.2) is 4.60 Å². The van der Waals surface area contributed by atoms with Gasteiger partial charge in [0.15, 0.2) is 4.60 Å². The summed E-state index contributed by atoms with van der Waals surface area (Å²) in [5.74, 6) is 5.55. The predicted octanol–water partition coefficient (Wildman–Crippen LogP) is 1.13. The van der Waals surface area contributed by atoms with E-state index >= 15 is 0 Å². The highest BCUT2D eigenvalue weighted by molar-refractivity contribution is 9.10. The minimum Gasteiger partial charge on any atom is -0.271 e. The largest absolute Gasteiger partial charge is 0.271 e. The second-order valence-corrected chi connectivity index (χ2v) is 5.11. The van der Waals surface area contributed by atoms with E-state index in [1.807, 2.05) is 7.05 Å². The standard InChI is InChI=1S/C8H16BrN5/c1-8(2,3)6(11-10)5-7(9)12-13-14(5)4/h6,11H,10H2,1-4H3. The number of aryl methyl sites for hydroxylation is 1. The maximum atomic E-state index is 5.55. The van der Waals surface area contributed by atoms with Crippen molar-refractivity contribution in [3.63, 3.8) is 0 Å². The molecule has 1 aromatic heterocycles. The Hall–Kier alpha value is -0.460. The van der Waals surface area contributed by atoms with E-state index in [9.17, 15) is 0 Å². The molecule has 0 amide bonds. The van der Waals surface area contributed by atoms with Gasteiger partial charge in [-0.1, -0.05) is 26.0 Å². The van der Waals surface area contributed by atoms with E-state index in [2.05, 4.69) is 52.4 Å². The van der Waals surface area contributed by atoms with Gasteiger partial charge < -0.3 is 0 Å². The first-order valence-electron chi connectivity index (χ1n) is 4.39. The van der Waals surface area contributed by atoms with Crippen LogP contribution in [0.2, 0.25) is 0 Å². The average Bonchev–Trinajstić information content (AvgIpc) is 2.34. The summed E-state index contributed by atoms with van der Waals surface area (Å²) in [7, 11) is 1.85. The van der Waals surface area contributed by atoms with Crippen molar-refractivity contribution in [2.45, 2.75) is 26.8 Å². The molecule has 0 bridgehead atoms. The van der Waals surface area contributed by atoms with E-state index in [0.29, 0.717) is 0 Å². The summed E-state index contributed by atoms with van der Waals surface area (Å²) >= 11 is 3.36. The van der Waals surface area contributed by atoms with Gasteiger partial charge >= 0.3 is 0 Å². The monoisotopic (exact) mass is 261 g/mol. The molecule has 1 unspecified atom stereocenters. The van der Waals surface area contributed by atoms with Crippen LogP contribution in [-0.4, -0.2) is 15.0 Å². The molecule has 5 nitrogen and oxygen atoms in total. The SMILES string of the molecule is Cn1nnc(Br)c1C(NN)C(C)(C)C. The van der Waals surface area contributed by atoms with Gasteiger partial charge in [0.05, 0.1) is 11.7 Å². The fourth-order valence-corrected chi connectivity index (χ4v) is 1.94. The van der Waals surface area contributed by atoms with E-state index < -0.39 is 0 Å². The summed E-state index contributed by atoms with van der Waals surface area (Å²) in [4.78, 5) is 0. The van der Waals surface area contributed by atoms with Gasteiger partial charge in [0.2, 0.25) is 0 Å². The number of hydrogen-bond donors (Lipinski definition) is 2. The molecule has 6 heteroatoms. The number of rotatable bonds is 2. The first-order chi connectivity index (χ1) is 6.38. The van der Waals surface area contributed by atoms with Crippen molar-refractivity contribution in [2.75, 3.05) is 0 Å². The van der Waals surface area contributed by atoms with Crippen LogP contribution in [0, 0.1) is 5.41 Å². The van der Waals surface area contributed by atoms with Crippen molar-refractivity contribution in [1.29, 1.82) is 0 Å². The van der Waals surface area contributed by atoms with Crippen LogP contribution < -0.4 is 11.3 Å². The first-order valence-corrected chi connectivity index (χ1v) is 5.18. The van der Waals surface area contributed by atoms with Crippen molar-refractivity contribution in [3.05, 3.63) is 10.3 Å². The number of nitrogens with two attached hydrogens (primary N) is 1. The van der Waals surface area contributed by atoms with Gasteiger partial charge in [0.25, 0.3) is 0 Å². The molecule has 0 radical (unpaired) electrons. The van der Waals surface area contributed by atoms with Crippen molar-refractivity contribution < 1.29 is 0 Å². The molecule has 3 N–H and O–H groups in total. The van der Waals surface area contributed by atoms with Gasteiger partial charge in [-0.15, -0.1) is 5.10 Å². The van der Waals surface area contributed by atoms with E-state index in [4.69, 9.17) is 5.84 Å². The molecule has 1 atom stereocenters. The molecule has 0 aliphatic heterocycles. The molecule has 80 valence electrons. The van der Waals surface area contributed by atoms with Gasteiger partial charge in [0.1, 0.15) is 0 Å². The van der Waals surface area contributed by atoms with E-state index in [-0.39, 0.29) is 11.5 Å². The molecule has 0 aliphatic carbocycles. The molecule has 0 spiro atoms. The zero-order valence-electron chi connectivity index (χ0n) is 8.87. The Morgan fingerprint density at radius 1 is 1.50 bits per heavy atom. The Balaban J connectivity index is 3.13. The average molecular weight is 262 g/mol. The highest BCUT2D eigenvalue weighted by atomic mass is 79.9. The first kappa shape index (κ1) is 11.6. The van der Waals surface area contributed by atoms with Crippen LogP contribution in [0.4, 0.5) is 0 Å². The number of halogens is 1. The topological polar surface area (TPSA) is 68.8 Å². The Morgan fingerprint density at radius 3 is 2.36 bits per heavy atom. The number of hydrazine groups is 1. The summed E-state index contributed by atoms with van der Waals surface area (Å²) in [6.45, 7) is 6.32. The summed E-state index contributed by atoms with van der Waals surface area (Å²) in [6, 6.07) is 0.0110. The number of hydrogen-bond acceptors (Lipinski definition) is 4. The number of aromatic nitrogens is 3. The van der Waals surface area contributed by atoms with Crippen LogP contribution in [0.3, 0.4) is 0 Å². The highest BCUT2D eigenvalue weighted by Crippen LogP contribution is 2.34. The second-order valence-electron chi connectivity index (χ2n) is 4.35. The molecular formula is C8H16BrN5. The lowest BCUT2D eigenvalue weighted by molar-refractivity contribution is 0.263. The molecule has 0 saturated heterocycles. The molecular weight excluding hydrogens is 246 g/mol. The van der Waals surface area contributed by atoms with Crippen molar-refractivity contribution >= 4 is 15.9 Å². The summed E-state index contributed by atoms with van der Waals surface area (Å²) in [5.41, 5.74) is 3.76. The molecule has 14 heavy (non-hydrogen) atoms. The van der Waals surface area contributed by atoms with E-state index in [1.165, 1.54) is 0 Å². The lowest BCUT2D eigenvalue weighted by atomic mass is 9.85. The zero-order valence-corrected chi connectivity index (χ0v) is 10.5. The molecule has 0 aromatic carbocycles. The van der Waals surface area contributed by atoms with Gasteiger partial charge in [-0.3, -0.25) is 11.3 Å². The van der Waals surface area contributed by atoms with Crippen LogP contribution >= 0.6 is 15.9 Å². The zero-order chi connectivity index (χ0) is 10.9. The molecule has 0 fully saturated rings. The van der Waals surface area contributed by atoms with Crippen LogP contribution in [0.25, 0.3) is 0 Å². The molecule has 0 saturated carbocycles. The van der Waals surface area contributed by atoms with Crippen LogP contribution in [0.1, 0.15) is 32.5 Å². The number of nitrogens with one attached hydrogen (secondary N) is 1. The summed E-state index contributed by atoms with van der Waals surface area (Å²) < 4.78 is 2.46. The Bertz CT molecular complexity index is 295. The Morgan fingerprint density at radius 2 is 2.07 bits per heavy atom. The minimum absolute atomic E-state index is 0.00669. The van der Waals surface area contributed by atoms with Gasteiger partial charge in [-0.2, -0.15) is 0 Å². The third-order valence-corrected chi connectivity index (χ3v) is 2.70. The van der Waals surface area contributed by atoms with Gasteiger partial charge in [0, 0.05) is 7.05 Å². The van der Waals surface area contributed by atoms with E-state index in [1.54, 1.807) is 4.68 Å². The summed E-state index contributed by atoms with van der Waals surface area (Å²) in [5, 5.41) is 7.86. The lowest BCUT2D eigenvalue weighted by Gasteiger charge is -2.29. The normalized spacial score (nSPS) is 14.4. The molecule has 1 rings (SSSR count). The smallest absolute Gasteiger partial charge is 0.153 e. The lowest BCUT2D eigenvalue weighted by Crippen LogP contribution is -2.38. The third-order valence-electron chi connectivity index (χ3n) is 2.13. The van der Waals surface area contributed by atoms with Crippen molar-refractivity contribution in [3.8, 4) is 0 Å². The van der Waals surface area contributed by atoms with E-state index in [0.717, 1.165) is 10.3 Å².